The van der Waals surface area contributed by atoms with Crippen LogP contribution in [0.4, 0.5) is 5.69 Å². The van der Waals surface area contributed by atoms with E-state index in [1.165, 1.54) is 0 Å². The summed E-state index contributed by atoms with van der Waals surface area (Å²) in [7, 11) is -3.90. The van der Waals surface area contributed by atoms with Crippen LogP contribution in [0.25, 0.3) is 0 Å². The highest BCUT2D eigenvalue weighted by Crippen LogP contribution is 2.27. The Hall–Kier alpha value is -1.75. The number of aromatic hydroxyl groups is 1. The van der Waals surface area contributed by atoms with Crippen LogP contribution >= 0.6 is 0 Å². The molecule has 0 aromatic heterocycles. The largest absolute Gasteiger partial charge is 0.502 e. The maximum absolute atomic E-state index is 11.9. The number of aliphatic hydroxyl groups is 1. The van der Waals surface area contributed by atoms with Crippen molar-refractivity contribution in [3.8, 4) is 5.75 Å². The molecule has 0 aliphatic heterocycles. The standard InChI is InChI=1S/C11H17N3O6S/c1-8(15)7-12-4-5-13-21(19,20)9-2-3-11(16)10(6-9)14(17)18/h2-3,6,8,12-13,15-16H,4-5,7H2,1H3. The summed E-state index contributed by atoms with van der Waals surface area (Å²) in [5.41, 5.74) is -0.676. The molecule has 4 N–H and O–H groups in total. The van der Waals surface area contributed by atoms with E-state index < -0.39 is 32.5 Å². The average Bonchev–Trinajstić information content (AvgIpc) is 2.37. The van der Waals surface area contributed by atoms with Crippen LogP contribution in [0.2, 0.25) is 0 Å². The number of benzene rings is 1. The van der Waals surface area contributed by atoms with Gasteiger partial charge in [0.05, 0.1) is 15.9 Å². The van der Waals surface area contributed by atoms with Crippen molar-refractivity contribution >= 4 is 15.7 Å². The topological polar surface area (TPSA) is 142 Å². The molecule has 0 aliphatic rings. The first-order valence-electron chi connectivity index (χ1n) is 6.10. The van der Waals surface area contributed by atoms with E-state index in [-0.39, 0.29) is 11.4 Å². The van der Waals surface area contributed by atoms with Crippen LogP contribution in [0.5, 0.6) is 5.75 Å². The van der Waals surface area contributed by atoms with Gasteiger partial charge in [0.2, 0.25) is 10.0 Å². The molecule has 0 amide bonds. The minimum atomic E-state index is -3.90. The number of hydrogen-bond acceptors (Lipinski definition) is 7. The SMILES string of the molecule is CC(O)CNCCNS(=O)(=O)c1ccc(O)c([N+](=O)[O-])c1. The van der Waals surface area contributed by atoms with Gasteiger partial charge in [0.15, 0.2) is 5.75 Å². The zero-order valence-electron chi connectivity index (χ0n) is 11.3. The van der Waals surface area contributed by atoms with Crippen molar-refractivity contribution in [2.45, 2.75) is 17.9 Å². The van der Waals surface area contributed by atoms with Gasteiger partial charge in [-0.3, -0.25) is 10.1 Å². The summed E-state index contributed by atoms with van der Waals surface area (Å²) in [6, 6.07) is 2.83. The molecular formula is C11H17N3O6S. The molecule has 0 bridgehead atoms. The van der Waals surface area contributed by atoms with E-state index in [0.717, 1.165) is 18.2 Å². The van der Waals surface area contributed by atoms with Crippen molar-refractivity contribution in [2.24, 2.45) is 0 Å². The van der Waals surface area contributed by atoms with Crippen LogP contribution in [0.1, 0.15) is 6.92 Å². The van der Waals surface area contributed by atoms with Gasteiger partial charge in [-0.2, -0.15) is 0 Å². The lowest BCUT2D eigenvalue weighted by molar-refractivity contribution is -0.386. The molecule has 1 aromatic rings. The number of sulfonamides is 1. The molecule has 0 saturated carbocycles. The van der Waals surface area contributed by atoms with Crippen molar-refractivity contribution in [1.29, 1.82) is 0 Å². The molecular weight excluding hydrogens is 302 g/mol. The Morgan fingerprint density at radius 3 is 2.62 bits per heavy atom. The van der Waals surface area contributed by atoms with Crippen molar-refractivity contribution < 1.29 is 23.6 Å². The van der Waals surface area contributed by atoms with E-state index in [1.54, 1.807) is 6.92 Å². The van der Waals surface area contributed by atoms with Crippen LogP contribution in [-0.4, -0.2) is 49.3 Å². The fraction of sp³-hybridized carbons (Fsp3) is 0.455. The van der Waals surface area contributed by atoms with Crippen LogP contribution in [0.15, 0.2) is 23.1 Å². The third-order valence-corrected chi connectivity index (χ3v) is 3.95. The molecule has 21 heavy (non-hydrogen) atoms. The summed E-state index contributed by atoms with van der Waals surface area (Å²) < 4.78 is 26.1. The number of phenolic OH excluding ortho intramolecular Hbond substituents is 1. The molecule has 1 unspecified atom stereocenters. The van der Waals surface area contributed by atoms with Crippen molar-refractivity contribution in [3.05, 3.63) is 28.3 Å². The monoisotopic (exact) mass is 319 g/mol. The van der Waals surface area contributed by atoms with Crippen LogP contribution in [-0.2, 0) is 10.0 Å². The lowest BCUT2D eigenvalue weighted by Gasteiger charge is -2.09. The second-order valence-electron chi connectivity index (χ2n) is 4.36. The van der Waals surface area contributed by atoms with Gasteiger partial charge in [0.1, 0.15) is 0 Å². The van der Waals surface area contributed by atoms with Gasteiger partial charge < -0.3 is 15.5 Å². The molecule has 0 radical (unpaired) electrons. The van der Waals surface area contributed by atoms with Gasteiger partial charge in [-0.15, -0.1) is 0 Å². The highest BCUT2D eigenvalue weighted by Gasteiger charge is 2.20. The second kappa shape index (κ2) is 7.31. The first-order chi connectivity index (χ1) is 9.74. The molecule has 0 spiro atoms. The zero-order chi connectivity index (χ0) is 16.0. The molecule has 0 aliphatic carbocycles. The minimum absolute atomic E-state index is 0.0593. The Morgan fingerprint density at radius 2 is 2.05 bits per heavy atom. The van der Waals surface area contributed by atoms with Gasteiger partial charge in [-0.25, -0.2) is 13.1 Å². The normalized spacial score (nSPS) is 13.0. The Kier molecular flexibility index (Phi) is 6.03. The third kappa shape index (κ3) is 5.27. The van der Waals surface area contributed by atoms with Crippen LogP contribution < -0.4 is 10.0 Å². The number of nitrogens with one attached hydrogen (secondary N) is 2. The summed E-state index contributed by atoms with van der Waals surface area (Å²) in [6.45, 7) is 2.27. The van der Waals surface area contributed by atoms with Gasteiger partial charge in [0.25, 0.3) is 0 Å². The fourth-order valence-electron chi connectivity index (χ4n) is 1.48. The Balaban J connectivity index is 2.70. The van der Waals surface area contributed by atoms with E-state index in [9.17, 15) is 23.6 Å². The third-order valence-electron chi connectivity index (χ3n) is 2.49. The van der Waals surface area contributed by atoms with Gasteiger partial charge in [-0.05, 0) is 19.1 Å². The first-order valence-corrected chi connectivity index (χ1v) is 7.58. The number of aliphatic hydroxyl groups excluding tert-OH is 1. The minimum Gasteiger partial charge on any atom is -0.502 e. The molecule has 1 rings (SSSR count). The number of nitrogens with zero attached hydrogens (tertiary/aromatic N) is 1. The van der Waals surface area contributed by atoms with Gasteiger partial charge >= 0.3 is 5.69 Å². The number of rotatable bonds is 8. The lowest BCUT2D eigenvalue weighted by atomic mass is 10.3. The lowest BCUT2D eigenvalue weighted by Crippen LogP contribution is -2.34. The van der Waals surface area contributed by atoms with E-state index in [2.05, 4.69) is 10.0 Å². The van der Waals surface area contributed by atoms with Crippen LogP contribution in [0, 0.1) is 10.1 Å². The van der Waals surface area contributed by atoms with E-state index >= 15 is 0 Å². The summed E-state index contributed by atoms with van der Waals surface area (Å²) >= 11 is 0. The number of hydrogen-bond donors (Lipinski definition) is 4. The maximum atomic E-state index is 11.9. The van der Waals surface area contributed by atoms with Gasteiger partial charge in [-0.1, -0.05) is 0 Å². The average molecular weight is 319 g/mol. The molecule has 0 saturated heterocycles. The summed E-state index contributed by atoms with van der Waals surface area (Å²) in [4.78, 5) is 9.49. The number of nitro benzene ring substituents is 1. The zero-order valence-corrected chi connectivity index (χ0v) is 12.1. The Morgan fingerprint density at radius 1 is 1.38 bits per heavy atom. The molecule has 10 heteroatoms. The smallest absolute Gasteiger partial charge is 0.312 e. The highest BCUT2D eigenvalue weighted by atomic mass is 32.2. The first kappa shape index (κ1) is 17.3. The van der Waals surface area contributed by atoms with Gasteiger partial charge in [0, 0.05) is 25.7 Å². The van der Waals surface area contributed by atoms with E-state index in [1.807, 2.05) is 0 Å². The summed E-state index contributed by atoms with van der Waals surface area (Å²) in [5.74, 6) is -0.599. The van der Waals surface area contributed by atoms with Crippen molar-refractivity contribution in [2.75, 3.05) is 19.6 Å². The summed E-state index contributed by atoms with van der Waals surface area (Å²) in [6.07, 6.45) is -0.540. The Labute approximate surface area is 121 Å². The molecule has 0 fully saturated rings. The molecule has 1 atom stereocenters. The van der Waals surface area contributed by atoms with E-state index in [0.29, 0.717) is 13.1 Å². The number of phenols is 1. The van der Waals surface area contributed by atoms with Crippen LogP contribution in [0.3, 0.4) is 0 Å². The molecule has 0 heterocycles. The molecule has 1 aromatic carbocycles. The predicted molar refractivity (Wildman–Crippen MR) is 74.5 cm³/mol. The van der Waals surface area contributed by atoms with Crippen molar-refractivity contribution in [3.63, 3.8) is 0 Å². The molecule has 9 nitrogen and oxygen atoms in total. The maximum Gasteiger partial charge on any atom is 0.312 e. The quantitative estimate of drug-likeness (QED) is 0.289. The number of nitro groups is 1. The van der Waals surface area contributed by atoms with Crippen molar-refractivity contribution in [1.82, 2.24) is 10.0 Å². The summed E-state index contributed by atoms with van der Waals surface area (Å²) in [5, 5.41) is 31.8. The van der Waals surface area contributed by atoms with E-state index in [4.69, 9.17) is 5.11 Å². The highest BCUT2D eigenvalue weighted by molar-refractivity contribution is 7.89. The Bertz CT molecular complexity index is 602. The molecule has 118 valence electrons. The second-order valence-corrected chi connectivity index (χ2v) is 6.13. The fourth-order valence-corrected chi connectivity index (χ4v) is 2.54. The predicted octanol–water partition coefficient (Wildman–Crippen LogP) is -0.451.